The Labute approximate surface area is 131 Å². The minimum absolute atomic E-state index is 0.0797. The van der Waals surface area contributed by atoms with Crippen molar-refractivity contribution in [3.8, 4) is 0 Å². The lowest BCUT2D eigenvalue weighted by atomic mass is 9.83. The maximum Gasteiger partial charge on any atom is 0.317 e. The summed E-state index contributed by atoms with van der Waals surface area (Å²) in [6.07, 6.45) is 1.48. The molecule has 1 saturated heterocycles. The van der Waals surface area contributed by atoms with Crippen molar-refractivity contribution in [3.05, 3.63) is 35.9 Å². The Hall–Kier alpha value is -2.04. The maximum absolute atomic E-state index is 12.3. The fourth-order valence-electron chi connectivity index (χ4n) is 3.24. The molecule has 120 valence electrons. The van der Waals surface area contributed by atoms with Gasteiger partial charge >= 0.3 is 12.0 Å². The van der Waals surface area contributed by atoms with E-state index < -0.39 is 5.97 Å². The number of amides is 2. The van der Waals surface area contributed by atoms with Crippen molar-refractivity contribution in [3.63, 3.8) is 0 Å². The van der Waals surface area contributed by atoms with E-state index in [0.29, 0.717) is 18.9 Å². The average molecular weight is 304 g/mol. The van der Waals surface area contributed by atoms with E-state index in [9.17, 15) is 9.59 Å². The summed E-state index contributed by atoms with van der Waals surface area (Å²) < 4.78 is 0. The number of carboxylic acids is 1. The number of carbonyl (C=O) groups is 2. The second-order valence-electron chi connectivity index (χ2n) is 6.29. The Morgan fingerprint density at radius 1 is 1.32 bits per heavy atom. The van der Waals surface area contributed by atoms with E-state index in [1.165, 1.54) is 5.56 Å². The number of rotatable bonds is 5. The third kappa shape index (κ3) is 3.59. The lowest BCUT2D eigenvalue weighted by molar-refractivity contribution is -0.137. The van der Waals surface area contributed by atoms with Gasteiger partial charge in [0.15, 0.2) is 0 Å². The molecule has 1 aliphatic rings. The van der Waals surface area contributed by atoms with Gasteiger partial charge in [-0.1, -0.05) is 30.3 Å². The molecule has 5 heteroatoms. The summed E-state index contributed by atoms with van der Waals surface area (Å²) in [6.45, 7) is 5.30. The third-order valence-electron chi connectivity index (χ3n) is 4.48. The van der Waals surface area contributed by atoms with Crippen molar-refractivity contribution >= 4 is 12.0 Å². The first kappa shape index (κ1) is 16.3. The monoisotopic (exact) mass is 304 g/mol. The third-order valence-corrected chi connectivity index (χ3v) is 4.48. The zero-order valence-corrected chi connectivity index (χ0v) is 13.2. The molecule has 2 amide bonds. The summed E-state index contributed by atoms with van der Waals surface area (Å²) in [5.41, 5.74) is 1.01. The summed E-state index contributed by atoms with van der Waals surface area (Å²) >= 11 is 0. The number of likely N-dealkylation sites (tertiary alicyclic amines) is 1. The van der Waals surface area contributed by atoms with Gasteiger partial charge in [0.25, 0.3) is 0 Å². The van der Waals surface area contributed by atoms with Gasteiger partial charge in [-0.2, -0.15) is 0 Å². The summed E-state index contributed by atoms with van der Waals surface area (Å²) in [4.78, 5) is 24.7. The van der Waals surface area contributed by atoms with Crippen LogP contribution in [0.15, 0.2) is 30.3 Å². The molecule has 0 aliphatic carbocycles. The molecular formula is C17H24N2O3. The number of aliphatic carboxylic acids is 1. The van der Waals surface area contributed by atoms with Gasteiger partial charge in [0.2, 0.25) is 0 Å². The van der Waals surface area contributed by atoms with Gasteiger partial charge in [-0.25, -0.2) is 4.79 Å². The fourth-order valence-corrected chi connectivity index (χ4v) is 3.24. The zero-order valence-electron chi connectivity index (χ0n) is 13.2. The van der Waals surface area contributed by atoms with Crippen molar-refractivity contribution in [1.29, 1.82) is 0 Å². The van der Waals surface area contributed by atoms with Crippen molar-refractivity contribution in [2.24, 2.45) is 0 Å². The number of nitrogens with one attached hydrogen (secondary N) is 1. The molecule has 1 heterocycles. The van der Waals surface area contributed by atoms with Crippen LogP contribution in [0.1, 0.15) is 44.6 Å². The molecule has 0 radical (unpaired) electrons. The molecule has 0 aromatic heterocycles. The number of hydrogen-bond acceptors (Lipinski definition) is 2. The van der Waals surface area contributed by atoms with E-state index in [4.69, 9.17) is 5.11 Å². The van der Waals surface area contributed by atoms with E-state index in [1.807, 2.05) is 23.1 Å². The van der Waals surface area contributed by atoms with Gasteiger partial charge in [-0.05, 0) is 32.3 Å². The first-order valence-corrected chi connectivity index (χ1v) is 7.75. The molecule has 0 saturated carbocycles. The number of carbonyl (C=O) groups excluding carboxylic acids is 1. The molecule has 1 aromatic carbocycles. The summed E-state index contributed by atoms with van der Waals surface area (Å²) in [7, 11) is 0. The van der Waals surface area contributed by atoms with Gasteiger partial charge in [0.05, 0.1) is 0 Å². The Balaban J connectivity index is 1.95. The van der Waals surface area contributed by atoms with Crippen LogP contribution in [0, 0.1) is 0 Å². The molecule has 2 rings (SSSR count). The van der Waals surface area contributed by atoms with Crippen LogP contribution in [-0.4, -0.2) is 40.6 Å². The minimum atomic E-state index is -0.833. The Morgan fingerprint density at radius 3 is 2.64 bits per heavy atom. The van der Waals surface area contributed by atoms with Crippen LogP contribution >= 0.6 is 0 Å². The van der Waals surface area contributed by atoms with Crippen LogP contribution in [-0.2, 0) is 4.79 Å². The van der Waals surface area contributed by atoms with Crippen molar-refractivity contribution < 1.29 is 14.7 Å². The summed E-state index contributed by atoms with van der Waals surface area (Å²) in [5.74, 6) is -0.515. The van der Waals surface area contributed by atoms with Crippen LogP contribution in [0.4, 0.5) is 4.79 Å². The molecule has 1 aromatic rings. The standard InChI is InChI=1S/C17H24N2O3/c1-17(2)14(13-7-4-3-5-8-13)10-12-19(17)16(22)18-11-6-9-15(20)21/h3-5,7-8,14H,6,9-12H2,1-2H3,(H,18,22)(H,20,21). The van der Waals surface area contributed by atoms with Gasteiger partial charge in [0, 0.05) is 31.0 Å². The minimum Gasteiger partial charge on any atom is -0.481 e. The van der Waals surface area contributed by atoms with E-state index in [1.54, 1.807) is 0 Å². The second-order valence-corrected chi connectivity index (χ2v) is 6.29. The number of benzene rings is 1. The molecule has 1 fully saturated rings. The number of hydrogen-bond donors (Lipinski definition) is 2. The molecule has 0 spiro atoms. The van der Waals surface area contributed by atoms with E-state index in [-0.39, 0.29) is 18.0 Å². The van der Waals surface area contributed by atoms with Gasteiger partial charge in [0.1, 0.15) is 0 Å². The second kappa shape index (κ2) is 6.81. The predicted octanol–water partition coefficient (Wildman–Crippen LogP) is 2.83. The lowest BCUT2D eigenvalue weighted by Gasteiger charge is -2.36. The van der Waals surface area contributed by atoms with Gasteiger partial charge in [-0.15, -0.1) is 0 Å². The first-order valence-electron chi connectivity index (χ1n) is 7.75. The van der Waals surface area contributed by atoms with Crippen LogP contribution in [0.5, 0.6) is 0 Å². The van der Waals surface area contributed by atoms with E-state index in [2.05, 4.69) is 31.3 Å². The fraction of sp³-hybridized carbons (Fsp3) is 0.529. The first-order chi connectivity index (χ1) is 10.4. The molecule has 0 bridgehead atoms. The largest absolute Gasteiger partial charge is 0.481 e. The summed E-state index contributed by atoms with van der Waals surface area (Å²) in [5, 5.41) is 11.4. The number of nitrogens with zero attached hydrogens (tertiary/aromatic N) is 1. The topological polar surface area (TPSA) is 69.6 Å². The molecule has 1 unspecified atom stereocenters. The maximum atomic E-state index is 12.3. The highest BCUT2D eigenvalue weighted by Gasteiger charge is 2.44. The zero-order chi connectivity index (χ0) is 16.2. The van der Waals surface area contributed by atoms with E-state index >= 15 is 0 Å². The SMILES string of the molecule is CC1(C)C(c2ccccc2)CCN1C(=O)NCCCC(=O)O. The average Bonchev–Trinajstić information content (AvgIpc) is 2.79. The molecular weight excluding hydrogens is 280 g/mol. The molecule has 1 aliphatic heterocycles. The number of carboxylic acid groups (broad SMARTS) is 1. The Morgan fingerprint density at radius 2 is 2.00 bits per heavy atom. The predicted molar refractivity (Wildman–Crippen MR) is 84.9 cm³/mol. The number of urea groups is 1. The lowest BCUT2D eigenvalue weighted by Crippen LogP contribution is -2.50. The van der Waals surface area contributed by atoms with Crippen molar-refractivity contribution in [1.82, 2.24) is 10.2 Å². The van der Waals surface area contributed by atoms with Crippen LogP contribution in [0.25, 0.3) is 0 Å². The van der Waals surface area contributed by atoms with Gasteiger partial charge in [-0.3, -0.25) is 4.79 Å². The highest BCUT2D eigenvalue weighted by Crippen LogP contribution is 2.41. The van der Waals surface area contributed by atoms with Gasteiger partial charge < -0.3 is 15.3 Å². The van der Waals surface area contributed by atoms with Crippen LogP contribution in [0.2, 0.25) is 0 Å². The van der Waals surface area contributed by atoms with Crippen molar-refractivity contribution in [2.75, 3.05) is 13.1 Å². The molecule has 2 N–H and O–H groups in total. The quantitative estimate of drug-likeness (QED) is 0.822. The van der Waals surface area contributed by atoms with Crippen molar-refractivity contribution in [2.45, 2.75) is 44.6 Å². The van der Waals surface area contributed by atoms with Crippen LogP contribution < -0.4 is 5.32 Å². The molecule has 22 heavy (non-hydrogen) atoms. The smallest absolute Gasteiger partial charge is 0.317 e. The molecule has 1 atom stereocenters. The highest BCUT2D eigenvalue weighted by molar-refractivity contribution is 5.76. The Bertz CT molecular complexity index is 528. The normalized spacial score (nSPS) is 19.9. The van der Waals surface area contributed by atoms with E-state index in [0.717, 1.165) is 13.0 Å². The van der Waals surface area contributed by atoms with Crippen LogP contribution in [0.3, 0.4) is 0 Å². The molecule has 5 nitrogen and oxygen atoms in total. The summed E-state index contributed by atoms with van der Waals surface area (Å²) in [6, 6.07) is 10.2. The highest BCUT2D eigenvalue weighted by atomic mass is 16.4. The Kier molecular flexibility index (Phi) is 5.06.